The molecule has 3 nitrogen and oxygen atoms in total. The van der Waals surface area contributed by atoms with E-state index in [2.05, 4.69) is 21.2 Å². The molecule has 0 amide bonds. The van der Waals surface area contributed by atoms with E-state index < -0.39 is 0 Å². The molecule has 0 unspecified atom stereocenters. The Labute approximate surface area is 108 Å². The molecule has 0 radical (unpaired) electrons. The molecule has 0 aliphatic carbocycles. The summed E-state index contributed by atoms with van der Waals surface area (Å²) in [6, 6.07) is 11.2. The van der Waals surface area contributed by atoms with Crippen molar-refractivity contribution in [2.75, 3.05) is 11.9 Å². The molecule has 4 heteroatoms. The number of pyridine rings is 1. The summed E-state index contributed by atoms with van der Waals surface area (Å²) in [4.78, 5) is 10.9. The van der Waals surface area contributed by atoms with Crippen LogP contribution in [0.3, 0.4) is 0 Å². The molecule has 2 aromatic rings. The highest BCUT2D eigenvalue weighted by Gasteiger charge is 1.92. The van der Waals surface area contributed by atoms with E-state index in [-0.39, 0.29) is 5.43 Å². The second-order valence-electron chi connectivity index (χ2n) is 3.71. The molecule has 1 N–H and O–H groups in total. The number of hydrogen-bond acceptors (Lipinski definition) is 2. The van der Waals surface area contributed by atoms with Gasteiger partial charge in [-0.15, -0.1) is 0 Å². The highest BCUT2D eigenvalue weighted by atomic mass is 79.9. The number of nitrogens with one attached hydrogen (secondary N) is 1. The molecule has 0 bridgehead atoms. The maximum absolute atomic E-state index is 10.9. The minimum Gasteiger partial charge on any atom is -0.383 e. The van der Waals surface area contributed by atoms with Crippen molar-refractivity contribution in [2.24, 2.45) is 0 Å². The van der Waals surface area contributed by atoms with Gasteiger partial charge in [-0.3, -0.25) is 4.79 Å². The van der Waals surface area contributed by atoms with E-state index in [1.54, 1.807) is 24.5 Å². The summed E-state index contributed by atoms with van der Waals surface area (Å²) < 4.78 is 3.05. The van der Waals surface area contributed by atoms with Gasteiger partial charge in [0.15, 0.2) is 5.43 Å². The smallest absolute Gasteiger partial charge is 0.181 e. The topological polar surface area (TPSA) is 34.0 Å². The highest BCUT2D eigenvalue weighted by Crippen LogP contribution is 2.13. The predicted octanol–water partition coefficient (Wildman–Crippen LogP) is 2.72. The van der Waals surface area contributed by atoms with Gasteiger partial charge in [-0.05, 0) is 24.3 Å². The maximum Gasteiger partial charge on any atom is 0.181 e. The van der Waals surface area contributed by atoms with E-state index in [9.17, 15) is 4.79 Å². The van der Waals surface area contributed by atoms with Crippen molar-refractivity contribution in [2.45, 2.75) is 6.54 Å². The number of halogens is 1. The van der Waals surface area contributed by atoms with E-state index >= 15 is 0 Å². The molecule has 88 valence electrons. The number of nitrogens with zero attached hydrogens (tertiary/aromatic N) is 1. The van der Waals surface area contributed by atoms with E-state index in [0.29, 0.717) is 0 Å². The lowest BCUT2D eigenvalue weighted by atomic mass is 10.3. The monoisotopic (exact) mass is 292 g/mol. The normalized spacial score (nSPS) is 10.2. The highest BCUT2D eigenvalue weighted by molar-refractivity contribution is 9.10. The van der Waals surface area contributed by atoms with Crippen LogP contribution in [0.25, 0.3) is 0 Å². The zero-order chi connectivity index (χ0) is 12.1. The van der Waals surface area contributed by atoms with Crippen molar-refractivity contribution in [1.82, 2.24) is 4.57 Å². The molecule has 0 aliphatic heterocycles. The summed E-state index contributed by atoms with van der Waals surface area (Å²) in [5, 5.41) is 3.32. The lowest BCUT2D eigenvalue weighted by molar-refractivity contribution is 0.720. The fourth-order valence-electron chi connectivity index (χ4n) is 1.49. The lowest BCUT2D eigenvalue weighted by Crippen LogP contribution is -2.11. The van der Waals surface area contributed by atoms with Gasteiger partial charge >= 0.3 is 0 Å². The predicted molar refractivity (Wildman–Crippen MR) is 73.3 cm³/mol. The molecule has 1 aromatic heterocycles. The standard InChI is InChI=1S/C13H13BrN2O/c14-11-1-3-12(4-2-11)15-7-10-16-8-5-13(17)6-9-16/h1-6,8-9,15H,7,10H2. The Balaban J connectivity index is 1.85. The second-order valence-corrected chi connectivity index (χ2v) is 4.62. The van der Waals surface area contributed by atoms with Gasteiger partial charge < -0.3 is 9.88 Å². The number of benzene rings is 1. The van der Waals surface area contributed by atoms with Crippen molar-refractivity contribution in [1.29, 1.82) is 0 Å². The first-order valence-electron chi connectivity index (χ1n) is 5.39. The van der Waals surface area contributed by atoms with Gasteiger partial charge in [0.25, 0.3) is 0 Å². The van der Waals surface area contributed by atoms with Crippen LogP contribution in [0.4, 0.5) is 5.69 Å². The van der Waals surface area contributed by atoms with Crippen molar-refractivity contribution >= 4 is 21.6 Å². The quantitative estimate of drug-likeness (QED) is 0.940. The van der Waals surface area contributed by atoms with Crippen molar-refractivity contribution in [3.63, 3.8) is 0 Å². The third kappa shape index (κ3) is 3.75. The minimum absolute atomic E-state index is 0.0436. The molecule has 0 fully saturated rings. The molecule has 0 spiro atoms. The molecule has 1 heterocycles. The Bertz CT molecular complexity index is 513. The average molecular weight is 293 g/mol. The molecule has 0 saturated heterocycles. The number of hydrogen-bond donors (Lipinski definition) is 1. The van der Waals surface area contributed by atoms with Crippen LogP contribution in [0.15, 0.2) is 58.1 Å². The van der Waals surface area contributed by atoms with E-state index in [1.165, 1.54) is 0 Å². The molecule has 2 rings (SSSR count). The Hall–Kier alpha value is -1.55. The molecule has 0 aliphatic rings. The Kier molecular flexibility index (Phi) is 3.98. The fraction of sp³-hybridized carbons (Fsp3) is 0.154. The van der Waals surface area contributed by atoms with Crippen molar-refractivity contribution in [3.8, 4) is 0 Å². The summed E-state index contributed by atoms with van der Waals surface area (Å²) in [5.41, 5.74) is 1.14. The Morgan fingerprint density at radius 1 is 1.06 bits per heavy atom. The molecule has 0 saturated carbocycles. The largest absolute Gasteiger partial charge is 0.383 e. The van der Waals surface area contributed by atoms with Gasteiger partial charge in [-0.25, -0.2) is 0 Å². The van der Waals surface area contributed by atoms with Gasteiger partial charge in [0, 0.05) is 47.8 Å². The first kappa shape index (κ1) is 11.9. The minimum atomic E-state index is 0.0436. The van der Waals surface area contributed by atoms with Crippen molar-refractivity contribution in [3.05, 3.63) is 63.5 Å². The average Bonchev–Trinajstić information content (AvgIpc) is 2.34. The second kappa shape index (κ2) is 5.68. The number of aromatic nitrogens is 1. The third-order valence-corrected chi connectivity index (χ3v) is 2.93. The van der Waals surface area contributed by atoms with Gasteiger partial charge in [0.1, 0.15) is 0 Å². The number of rotatable bonds is 4. The summed E-state index contributed by atoms with van der Waals surface area (Å²) in [6.45, 7) is 1.65. The Morgan fingerprint density at radius 2 is 1.71 bits per heavy atom. The fourth-order valence-corrected chi connectivity index (χ4v) is 1.75. The van der Waals surface area contributed by atoms with Gasteiger partial charge in [-0.1, -0.05) is 15.9 Å². The zero-order valence-electron chi connectivity index (χ0n) is 9.27. The summed E-state index contributed by atoms with van der Waals surface area (Å²) in [7, 11) is 0. The summed E-state index contributed by atoms with van der Waals surface area (Å²) in [6.07, 6.45) is 3.59. The van der Waals surface area contributed by atoms with Crippen LogP contribution in [-0.4, -0.2) is 11.1 Å². The van der Waals surface area contributed by atoms with Crippen LogP contribution in [0.1, 0.15) is 0 Å². The molecule has 1 aromatic carbocycles. The van der Waals surface area contributed by atoms with Gasteiger partial charge in [0.2, 0.25) is 0 Å². The van der Waals surface area contributed by atoms with Crippen LogP contribution in [0.2, 0.25) is 0 Å². The van der Waals surface area contributed by atoms with E-state index in [1.807, 2.05) is 28.8 Å². The number of anilines is 1. The van der Waals surface area contributed by atoms with E-state index in [0.717, 1.165) is 23.2 Å². The van der Waals surface area contributed by atoms with Gasteiger partial charge in [0.05, 0.1) is 0 Å². The molecular weight excluding hydrogens is 280 g/mol. The van der Waals surface area contributed by atoms with Gasteiger partial charge in [-0.2, -0.15) is 0 Å². The van der Waals surface area contributed by atoms with E-state index in [4.69, 9.17) is 0 Å². The van der Waals surface area contributed by atoms with Crippen LogP contribution < -0.4 is 10.7 Å². The third-order valence-electron chi connectivity index (χ3n) is 2.40. The molecule has 0 atom stereocenters. The SMILES string of the molecule is O=c1ccn(CCNc2ccc(Br)cc2)cc1. The Morgan fingerprint density at radius 3 is 2.35 bits per heavy atom. The van der Waals surface area contributed by atoms with Crippen LogP contribution >= 0.6 is 15.9 Å². The van der Waals surface area contributed by atoms with Crippen LogP contribution in [-0.2, 0) is 6.54 Å². The molecule has 17 heavy (non-hydrogen) atoms. The first-order valence-corrected chi connectivity index (χ1v) is 6.19. The first-order chi connectivity index (χ1) is 8.24. The van der Waals surface area contributed by atoms with Crippen molar-refractivity contribution < 1.29 is 0 Å². The van der Waals surface area contributed by atoms with Crippen LogP contribution in [0.5, 0.6) is 0 Å². The molecular formula is C13H13BrN2O. The van der Waals surface area contributed by atoms with Crippen LogP contribution in [0, 0.1) is 0 Å². The zero-order valence-corrected chi connectivity index (χ0v) is 10.9. The summed E-state index contributed by atoms with van der Waals surface area (Å²) >= 11 is 3.40. The maximum atomic E-state index is 10.9. The summed E-state index contributed by atoms with van der Waals surface area (Å²) in [5.74, 6) is 0. The lowest BCUT2D eigenvalue weighted by Gasteiger charge is -2.08.